The third kappa shape index (κ3) is 3.71. The van der Waals surface area contributed by atoms with E-state index in [2.05, 4.69) is 10.3 Å². The van der Waals surface area contributed by atoms with Crippen molar-refractivity contribution in [2.45, 2.75) is 6.42 Å². The van der Waals surface area contributed by atoms with Crippen LogP contribution in [0.5, 0.6) is 5.75 Å². The summed E-state index contributed by atoms with van der Waals surface area (Å²) in [6, 6.07) is 11.0. The highest BCUT2D eigenvalue weighted by Crippen LogP contribution is 2.11. The molecular formula is C15H17N3O2. The molecule has 2 aromatic rings. The van der Waals surface area contributed by atoms with E-state index in [1.54, 1.807) is 19.2 Å². The quantitative estimate of drug-likeness (QED) is 0.866. The molecule has 0 bridgehead atoms. The van der Waals surface area contributed by atoms with Gasteiger partial charge < -0.3 is 15.8 Å². The number of methoxy groups -OCH3 is 1. The molecule has 0 fully saturated rings. The number of benzene rings is 1. The summed E-state index contributed by atoms with van der Waals surface area (Å²) >= 11 is 0. The molecule has 0 spiro atoms. The molecule has 0 unspecified atom stereocenters. The Kier molecular flexibility index (Phi) is 4.55. The fourth-order valence-corrected chi connectivity index (χ4v) is 1.74. The smallest absolute Gasteiger partial charge is 0.269 e. The number of nitrogens with two attached hydrogens (primary N) is 1. The number of nitrogens with zero attached hydrogens (tertiary/aromatic N) is 1. The Morgan fingerprint density at radius 2 is 2.00 bits per heavy atom. The van der Waals surface area contributed by atoms with E-state index in [4.69, 9.17) is 10.5 Å². The van der Waals surface area contributed by atoms with E-state index in [1.165, 1.54) is 6.20 Å². The molecule has 3 N–H and O–H groups in total. The summed E-state index contributed by atoms with van der Waals surface area (Å²) in [5, 5.41) is 2.82. The number of ether oxygens (including phenoxy) is 1. The number of rotatable bonds is 5. The van der Waals surface area contributed by atoms with Crippen LogP contribution in [0, 0.1) is 0 Å². The summed E-state index contributed by atoms with van der Waals surface area (Å²) < 4.78 is 5.09. The first kappa shape index (κ1) is 13.9. The van der Waals surface area contributed by atoms with Crippen molar-refractivity contribution in [3.63, 3.8) is 0 Å². The molecule has 0 aliphatic carbocycles. The van der Waals surface area contributed by atoms with E-state index in [1.807, 2.05) is 24.3 Å². The van der Waals surface area contributed by atoms with E-state index in [9.17, 15) is 4.79 Å². The molecule has 5 heteroatoms. The summed E-state index contributed by atoms with van der Waals surface area (Å²) in [6.07, 6.45) is 2.23. The van der Waals surface area contributed by atoms with Crippen molar-refractivity contribution in [2.75, 3.05) is 19.4 Å². The molecule has 1 aromatic carbocycles. The van der Waals surface area contributed by atoms with Gasteiger partial charge in [-0.3, -0.25) is 4.79 Å². The van der Waals surface area contributed by atoms with Gasteiger partial charge in [0, 0.05) is 6.54 Å². The number of nitrogen functional groups attached to an aromatic ring is 1. The zero-order valence-corrected chi connectivity index (χ0v) is 11.3. The van der Waals surface area contributed by atoms with Crippen molar-refractivity contribution in [2.24, 2.45) is 0 Å². The number of anilines is 1. The average Bonchev–Trinajstić information content (AvgIpc) is 2.48. The molecule has 1 heterocycles. The number of hydrogen-bond acceptors (Lipinski definition) is 4. The average molecular weight is 271 g/mol. The highest BCUT2D eigenvalue weighted by atomic mass is 16.5. The third-order valence-electron chi connectivity index (χ3n) is 2.88. The summed E-state index contributed by atoms with van der Waals surface area (Å²) in [4.78, 5) is 15.8. The highest BCUT2D eigenvalue weighted by Gasteiger charge is 2.05. The Balaban J connectivity index is 1.82. The minimum Gasteiger partial charge on any atom is -0.497 e. The van der Waals surface area contributed by atoms with Crippen molar-refractivity contribution in [3.8, 4) is 5.75 Å². The molecule has 0 saturated heterocycles. The minimum absolute atomic E-state index is 0.196. The van der Waals surface area contributed by atoms with Gasteiger partial charge in [-0.05, 0) is 36.2 Å². The lowest BCUT2D eigenvalue weighted by Gasteiger charge is -2.06. The zero-order chi connectivity index (χ0) is 14.4. The van der Waals surface area contributed by atoms with Gasteiger partial charge in [-0.2, -0.15) is 0 Å². The second kappa shape index (κ2) is 6.56. The van der Waals surface area contributed by atoms with Crippen molar-refractivity contribution >= 4 is 11.6 Å². The van der Waals surface area contributed by atoms with E-state index in [-0.39, 0.29) is 5.91 Å². The monoisotopic (exact) mass is 271 g/mol. The van der Waals surface area contributed by atoms with Gasteiger partial charge in [-0.15, -0.1) is 0 Å². The van der Waals surface area contributed by atoms with E-state index in [0.717, 1.165) is 17.7 Å². The lowest BCUT2D eigenvalue weighted by molar-refractivity contribution is 0.0949. The highest BCUT2D eigenvalue weighted by molar-refractivity contribution is 5.92. The van der Waals surface area contributed by atoms with E-state index in [0.29, 0.717) is 17.9 Å². The molecule has 2 rings (SSSR count). The van der Waals surface area contributed by atoms with Crippen LogP contribution in [0.15, 0.2) is 42.6 Å². The Morgan fingerprint density at radius 3 is 2.60 bits per heavy atom. The van der Waals surface area contributed by atoms with E-state index >= 15 is 0 Å². The molecule has 0 atom stereocenters. The zero-order valence-electron chi connectivity index (χ0n) is 11.3. The first-order valence-electron chi connectivity index (χ1n) is 6.31. The number of aromatic nitrogens is 1. The maximum absolute atomic E-state index is 11.8. The van der Waals surface area contributed by atoms with Gasteiger partial charge in [0.05, 0.1) is 19.0 Å². The van der Waals surface area contributed by atoms with Crippen LogP contribution in [0.25, 0.3) is 0 Å². The number of amides is 1. The van der Waals surface area contributed by atoms with Crippen LogP contribution in [0.3, 0.4) is 0 Å². The molecule has 104 valence electrons. The molecule has 1 amide bonds. The van der Waals surface area contributed by atoms with Crippen LogP contribution in [-0.2, 0) is 6.42 Å². The predicted molar refractivity (Wildman–Crippen MR) is 77.7 cm³/mol. The SMILES string of the molecule is COc1ccc(CCNC(=O)c2ccc(N)cn2)cc1. The first-order valence-corrected chi connectivity index (χ1v) is 6.31. The topological polar surface area (TPSA) is 77.2 Å². The van der Waals surface area contributed by atoms with Crippen LogP contribution >= 0.6 is 0 Å². The fourth-order valence-electron chi connectivity index (χ4n) is 1.74. The van der Waals surface area contributed by atoms with Gasteiger partial charge in [-0.25, -0.2) is 4.98 Å². The standard InChI is InChI=1S/C15H17N3O2/c1-20-13-5-2-11(3-6-13)8-9-17-15(19)14-7-4-12(16)10-18-14/h2-7,10H,8-9,16H2,1H3,(H,17,19). The predicted octanol–water partition coefficient (Wildman–Crippen LogP) is 1.64. The molecule has 0 aliphatic heterocycles. The number of carbonyl (C=O) groups is 1. The summed E-state index contributed by atoms with van der Waals surface area (Å²) in [5.74, 6) is 0.627. The lowest BCUT2D eigenvalue weighted by atomic mass is 10.1. The Labute approximate surface area is 117 Å². The molecule has 0 radical (unpaired) electrons. The van der Waals surface area contributed by atoms with Crippen molar-refractivity contribution < 1.29 is 9.53 Å². The van der Waals surface area contributed by atoms with Crippen LogP contribution in [0.4, 0.5) is 5.69 Å². The van der Waals surface area contributed by atoms with Gasteiger partial charge in [-0.1, -0.05) is 12.1 Å². The van der Waals surface area contributed by atoms with Crippen molar-refractivity contribution in [1.82, 2.24) is 10.3 Å². The molecule has 0 aliphatic rings. The second-order valence-corrected chi connectivity index (χ2v) is 4.33. The number of hydrogen-bond donors (Lipinski definition) is 2. The Hall–Kier alpha value is -2.56. The molecule has 5 nitrogen and oxygen atoms in total. The number of carbonyl (C=O) groups excluding carboxylic acids is 1. The Bertz CT molecular complexity index is 565. The van der Waals surface area contributed by atoms with Crippen molar-refractivity contribution in [3.05, 3.63) is 53.9 Å². The van der Waals surface area contributed by atoms with Gasteiger partial charge in [0.2, 0.25) is 0 Å². The van der Waals surface area contributed by atoms with E-state index < -0.39 is 0 Å². The minimum atomic E-state index is -0.196. The van der Waals surface area contributed by atoms with Crippen molar-refractivity contribution in [1.29, 1.82) is 0 Å². The molecule has 20 heavy (non-hydrogen) atoms. The van der Waals surface area contributed by atoms with Crippen LogP contribution in [0.1, 0.15) is 16.1 Å². The Morgan fingerprint density at radius 1 is 1.25 bits per heavy atom. The first-order chi connectivity index (χ1) is 9.69. The van der Waals surface area contributed by atoms with Gasteiger partial charge in [0.25, 0.3) is 5.91 Å². The third-order valence-corrected chi connectivity index (χ3v) is 2.88. The van der Waals surface area contributed by atoms with Gasteiger partial charge in [0.15, 0.2) is 0 Å². The van der Waals surface area contributed by atoms with Gasteiger partial charge in [0.1, 0.15) is 11.4 Å². The fraction of sp³-hybridized carbons (Fsp3) is 0.200. The van der Waals surface area contributed by atoms with Crippen LogP contribution in [-0.4, -0.2) is 24.5 Å². The maximum Gasteiger partial charge on any atom is 0.269 e. The summed E-state index contributed by atoms with van der Waals surface area (Å²) in [7, 11) is 1.63. The number of nitrogens with one attached hydrogen (secondary N) is 1. The maximum atomic E-state index is 11.8. The largest absolute Gasteiger partial charge is 0.497 e. The lowest BCUT2D eigenvalue weighted by Crippen LogP contribution is -2.26. The van der Waals surface area contributed by atoms with Crippen LogP contribution in [0.2, 0.25) is 0 Å². The molecule has 0 saturated carbocycles. The molecule has 1 aromatic heterocycles. The summed E-state index contributed by atoms with van der Waals surface area (Å²) in [5.41, 5.74) is 7.57. The second-order valence-electron chi connectivity index (χ2n) is 4.33. The van der Waals surface area contributed by atoms with Gasteiger partial charge >= 0.3 is 0 Å². The van der Waals surface area contributed by atoms with Crippen LogP contribution < -0.4 is 15.8 Å². The molecular weight excluding hydrogens is 254 g/mol. The summed E-state index contributed by atoms with van der Waals surface area (Å²) in [6.45, 7) is 0.553. The number of pyridine rings is 1. The normalized spacial score (nSPS) is 10.1.